The molecule has 0 unspecified atom stereocenters. The number of likely N-dealkylation sites (N-methyl/N-ethyl adjacent to an activating group) is 1. The average Bonchev–Trinajstić information content (AvgIpc) is 2.98. The molecule has 2 aromatic rings. The minimum absolute atomic E-state index is 0.117. The maximum Gasteiger partial charge on any atom is 0.276 e. The number of benzene rings is 2. The molecule has 1 aliphatic heterocycles. The van der Waals surface area contributed by atoms with E-state index >= 15 is 0 Å². The van der Waals surface area contributed by atoms with Gasteiger partial charge < -0.3 is 14.2 Å². The van der Waals surface area contributed by atoms with Crippen LogP contribution in [0.3, 0.4) is 0 Å². The summed E-state index contributed by atoms with van der Waals surface area (Å²) >= 11 is 9.07. The molecule has 1 aliphatic rings. The summed E-state index contributed by atoms with van der Waals surface area (Å²) in [7, 11) is 3.19. The third-order valence-corrected chi connectivity index (χ3v) is 5.68. The fourth-order valence-corrected chi connectivity index (χ4v) is 3.77. The van der Waals surface area contributed by atoms with Crippen LogP contribution in [0.25, 0.3) is 6.08 Å². The summed E-state index contributed by atoms with van der Waals surface area (Å²) in [5.41, 5.74) is 1.90. The van der Waals surface area contributed by atoms with E-state index in [9.17, 15) is 4.79 Å². The molecule has 160 valence electrons. The van der Waals surface area contributed by atoms with Gasteiger partial charge in [-0.3, -0.25) is 14.6 Å². The molecule has 2 aromatic carbocycles. The van der Waals surface area contributed by atoms with Crippen molar-refractivity contribution in [2.45, 2.75) is 6.92 Å². The van der Waals surface area contributed by atoms with E-state index in [0.29, 0.717) is 33.4 Å². The zero-order valence-corrected chi connectivity index (χ0v) is 19.7. The second-order valence-electron chi connectivity index (χ2n) is 6.46. The Labute approximate surface area is 195 Å². The number of rotatable bonds is 7. The first-order valence-corrected chi connectivity index (χ1v) is 10.6. The lowest BCUT2D eigenvalue weighted by molar-refractivity contribution is -0.121. The maximum atomic E-state index is 13.0. The first-order chi connectivity index (χ1) is 14.9. The van der Waals surface area contributed by atoms with Crippen molar-refractivity contribution < 1.29 is 19.0 Å². The zero-order valence-electron chi connectivity index (χ0n) is 17.3. The van der Waals surface area contributed by atoms with Gasteiger partial charge >= 0.3 is 0 Å². The number of ether oxygens (including phenoxy) is 3. The quantitative estimate of drug-likeness (QED) is 0.317. The Morgan fingerprint density at radius 3 is 2.52 bits per heavy atom. The molecule has 0 spiro atoms. The van der Waals surface area contributed by atoms with Crippen LogP contribution in [0.4, 0.5) is 5.69 Å². The molecule has 1 heterocycles. The highest BCUT2D eigenvalue weighted by molar-refractivity contribution is 9.10. The number of nitrogens with zero attached hydrogens (tertiary/aromatic N) is 2. The predicted octanol–water partition coefficient (Wildman–Crippen LogP) is 4.47. The second-order valence-corrected chi connectivity index (χ2v) is 7.68. The van der Waals surface area contributed by atoms with Crippen molar-refractivity contribution in [1.82, 2.24) is 4.90 Å². The van der Waals surface area contributed by atoms with E-state index in [-0.39, 0.29) is 12.5 Å². The molecule has 8 heteroatoms. The minimum atomic E-state index is -0.211. The summed E-state index contributed by atoms with van der Waals surface area (Å²) in [4.78, 5) is 16.1. The van der Waals surface area contributed by atoms with E-state index in [0.717, 1.165) is 17.0 Å². The highest BCUT2D eigenvalue weighted by Gasteiger charge is 2.36. The van der Waals surface area contributed by atoms with Gasteiger partial charge in [0.15, 0.2) is 16.6 Å². The van der Waals surface area contributed by atoms with Crippen LogP contribution in [0.5, 0.6) is 17.2 Å². The van der Waals surface area contributed by atoms with Crippen molar-refractivity contribution in [1.29, 1.82) is 0 Å². The van der Waals surface area contributed by atoms with Gasteiger partial charge in [0.05, 0.1) is 13.7 Å². The Balaban J connectivity index is 2.05. The molecule has 1 fully saturated rings. The molecule has 1 saturated heterocycles. The van der Waals surface area contributed by atoms with Crippen LogP contribution in [0, 0.1) is 12.3 Å². The Morgan fingerprint density at radius 2 is 1.90 bits per heavy atom. The van der Waals surface area contributed by atoms with Crippen molar-refractivity contribution in [3.8, 4) is 29.6 Å². The van der Waals surface area contributed by atoms with Crippen molar-refractivity contribution in [3.63, 3.8) is 0 Å². The van der Waals surface area contributed by atoms with E-state index in [1.807, 2.05) is 31.2 Å². The summed E-state index contributed by atoms with van der Waals surface area (Å²) in [6.07, 6.45) is 7.03. The van der Waals surface area contributed by atoms with E-state index in [4.69, 9.17) is 32.9 Å². The van der Waals surface area contributed by atoms with Crippen LogP contribution < -0.4 is 19.1 Å². The summed E-state index contributed by atoms with van der Waals surface area (Å²) in [6, 6.07) is 10.9. The average molecular weight is 501 g/mol. The van der Waals surface area contributed by atoms with Gasteiger partial charge in [-0.25, -0.2) is 0 Å². The number of terminal acetylenes is 1. The first kappa shape index (κ1) is 22.7. The van der Waals surface area contributed by atoms with Crippen molar-refractivity contribution >= 4 is 50.9 Å². The number of methoxy groups -OCH3 is 1. The summed E-state index contributed by atoms with van der Waals surface area (Å²) in [5.74, 6) is 3.96. The molecule has 0 atom stereocenters. The predicted molar refractivity (Wildman–Crippen MR) is 128 cm³/mol. The number of carbonyl (C=O) groups excluding carboxylic acids is 1. The molecule has 3 rings (SSSR count). The van der Waals surface area contributed by atoms with Gasteiger partial charge in [0.25, 0.3) is 5.91 Å². The van der Waals surface area contributed by atoms with Crippen LogP contribution in [-0.2, 0) is 4.79 Å². The number of amides is 1. The van der Waals surface area contributed by atoms with Gasteiger partial charge in [-0.15, -0.1) is 6.42 Å². The Morgan fingerprint density at radius 1 is 1.19 bits per heavy atom. The third-order valence-electron chi connectivity index (χ3n) is 4.53. The largest absolute Gasteiger partial charge is 0.494 e. The maximum absolute atomic E-state index is 13.0. The number of anilines is 1. The summed E-state index contributed by atoms with van der Waals surface area (Å²) in [5, 5.41) is 0.387. The molecule has 0 bridgehead atoms. The zero-order chi connectivity index (χ0) is 22.5. The number of halogens is 1. The van der Waals surface area contributed by atoms with Crippen molar-refractivity contribution in [2.24, 2.45) is 0 Å². The van der Waals surface area contributed by atoms with Gasteiger partial charge in [0.2, 0.25) is 0 Å². The highest BCUT2D eigenvalue weighted by Crippen LogP contribution is 2.37. The molecule has 0 saturated carbocycles. The van der Waals surface area contributed by atoms with E-state index in [1.54, 1.807) is 37.3 Å². The van der Waals surface area contributed by atoms with Gasteiger partial charge in [0, 0.05) is 17.2 Å². The van der Waals surface area contributed by atoms with Crippen molar-refractivity contribution in [2.75, 3.05) is 32.3 Å². The number of thiocarbonyl (C=S) groups is 1. The van der Waals surface area contributed by atoms with Crippen LogP contribution in [-0.4, -0.2) is 43.3 Å². The van der Waals surface area contributed by atoms with E-state index < -0.39 is 0 Å². The lowest BCUT2D eigenvalue weighted by atomic mass is 10.1. The SMILES string of the molecule is C#CCOc1cc(Br)c(C=C2C(=O)N(C)C(=S)N2c2ccc(OCC)cc2)cc1OC. The van der Waals surface area contributed by atoms with E-state index in [2.05, 4.69) is 21.9 Å². The van der Waals surface area contributed by atoms with Gasteiger partial charge in [-0.05, 0) is 67.2 Å². The molecule has 0 radical (unpaired) electrons. The highest BCUT2D eigenvalue weighted by atomic mass is 79.9. The van der Waals surface area contributed by atoms with Crippen LogP contribution in [0.1, 0.15) is 12.5 Å². The minimum Gasteiger partial charge on any atom is -0.494 e. The van der Waals surface area contributed by atoms with Gasteiger partial charge in [0.1, 0.15) is 18.1 Å². The Kier molecular flexibility index (Phi) is 7.21. The molecule has 31 heavy (non-hydrogen) atoms. The number of hydrogen-bond donors (Lipinski definition) is 0. The Hall–Kier alpha value is -3.02. The second kappa shape index (κ2) is 9.86. The molecule has 0 aromatic heterocycles. The van der Waals surface area contributed by atoms with Gasteiger partial charge in [-0.2, -0.15) is 0 Å². The molecular weight excluding hydrogens is 480 g/mol. The van der Waals surface area contributed by atoms with Crippen molar-refractivity contribution in [3.05, 3.63) is 52.1 Å². The Bertz CT molecular complexity index is 1080. The number of carbonyl (C=O) groups is 1. The topological polar surface area (TPSA) is 51.2 Å². The molecule has 0 aliphatic carbocycles. The molecule has 6 nitrogen and oxygen atoms in total. The standard InChI is InChI=1S/C23H21BrN2O4S/c1-5-11-30-21-14-18(24)15(13-20(21)28-4)12-19-22(27)25(3)23(31)26(19)16-7-9-17(10-8-16)29-6-2/h1,7-10,12-14H,6,11H2,2-4H3. The molecule has 1 amide bonds. The lowest BCUT2D eigenvalue weighted by Crippen LogP contribution is -2.29. The number of hydrogen-bond acceptors (Lipinski definition) is 5. The first-order valence-electron chi connectivity index (χ1n) is 9.41. The smallest absolute Gasteiger partial charge is 0.276 e. The van der Waals surface area contributed by atoms with Gasteiger partial charge in [-0.1, -0.05) is 21.9 Å². The lowest BCUT2D eigenvalue weighted by Gasteiger charge is -2.19. The third kappa shape index (κ3) is 4.68. The summed E-state index contributed by atoms with van der Waals surface area (Å²) < 4.78 is 17.2. The van der Waals surface area contributed by atoms with Crippen LogP contribution >= 0.6 is 28.1 Å². The normalized spacial score (nSPS) is 14.7. The summed E-state index contributed by atoms with van der Waals surface area (Å²) in [6.45, 7) is 2.62. The monoisotopic (exact) mass is 500 g/mol. The van der Waals surface area contributed by atoms with Crippen LogP contribution in [0.15, 0.2) is 46.6 Å². The molecule has 0 N–H and O–H groups in total. The fraction of sp³-hybridized carbons (Fsp3) is 0.217. The molecular formula is C23H21BrN2O4S. The fourth-order valence-electron chi connectivity index (χ4n) is 3.04. The van der Waals surface area contributed by atoms with Crippen LogP contribution in [0.2, 0.25) is 0 Å². The van der Waals surface area contributed by atoms with E-state index in [1.165, 1.54) is 4.90 Å².